The van der Waals surface area contributed by atoms with Crippen molar-refractivity contribution in [3.63, 3.8) is 0 Å². The number of hydrogen-bond donors (Lipinski definition) is 3. The lowest BCUT2D eigenvalue weighted by atomic mass is 9.95. The maximum absolute atomic E-state index is 12.3. The first-order valence-corrected chi connectivity index (χ1v) is 4.84. The van der Waals surface area contributed by atoms with Crippen LogP contribution in [0.3, 0.4) is 0 Å². The summed E-state index contributed by atoms with van der Waals surface area (Å²) in [5.74, 6) is -3.56. The minimum atomic E-state index is -4.29. The van der Waals surface area contributed by atoms with E-state index in [-0.39, 0.29) is 6.54 Å². The molecule has 0 bridgehead atoms. The van der Waals surface area contributed by atoms with Gasteiger partial charge in [0.05, 0.1) is 12.5 Å². The number of aliphatic carboxylic acids is 1. The van der Waals surface area contributed by atoms with E-state index in [0.29, 0.717) is 0 Å². The van der Waals surface area contributed by atoms with Crippen LogP contribution in [0.2, 0.25) is 0 Å². The van der Waals surface area contributed by atoms with Gasteiger partial charge in [0.15, 0.2) is 0 Å². The van der Waals surface area contributed by atoms with Crippen LogP contribution in [-0.2, 0) is 4.79 Å². The molecule has 0 saturated carbocycles. The van der Waals surface area contributed by atoms with Gasteiger partial charge in [-0.25, -0.2) is 0 Å². The number of aliphatic hydroxyl groups is 1. The van der Waals surface area contributed by atoms with Gasteiger partial charge in [0, 0.05) is 0 Å². The molecule has 0 aliphatic rings. The number of carboxylic acid groups (broad SMARTS) is 1. The molecule has 0 radical (unpaired) electrons. The summed E-state index contributed by atoms with van der Waals surface area (Å²) in [6.07, 6.45) is -4.29. The lowest BCUT2D eigenvalue weighted by Crippen LogP contribution is -2.43. The van der Waals surface area contributed by atoms with Crippen LogP contribution < -0.4 is 5.32 Å². The lowest BCUT2D eigenvalue weighted by Gasteiger charge is -2.24. The van der Waals surface area contributed by atoms with Gasteiger partial charge in [-0.3, -0.25) is 4.79 Å². The van der Waals surface area contributed by atoms with E-state index in [1.54, 1.807) is 0 Å². The Kier molecular flexibility index (Phi) is 5.74. The van der Waals surface area contributed by atoms with Crippen molar-refractivity contribution in [2.75, 3.05) is 13.2 Å². The second-order valence-electron chi connectivity index (χ2n) is 3.79. The molecule has 0 aliphatic heterocycles. The lowest BCUT2D eigenvalue weighted by molar-refractivity contribution is -0.181. The Hall–Kier alpha value is -0.820. The number of aliphatic hydroxyl groups excluding tert-OH is 1. The van der Waals surface area contributed by atoms with Gasteiger partial charge >= 0.3 is 12.1 Å². The largest absolute Gasteiger partial charge is 0.480 e. The fraction of sp³-hybridized carbons (Fsp3) is 0.889. The van der Waals surface area contributed by atoms with Gasteiger partial charge in [-0.2, -0.15) is 13.2 Å². The summed E-state index contributed by atoms with van der Waals surface area (Å²) in [7, 11) is 0. The molecule has 0 fully saturated rings. The van der Waals surface area contributed by atoms with Crippen molar-refractivity contribution in [1.29, 1.82) is 0 Å². The molecule has 3 N–H and O–H groups in total. The summed E-state index contributed by atoms with van der Waals surface area (Å²) in [6, 6.07) is -1.22. The highest BCUT2D eigenvalue weighted by molar-refractivity contribution is 5.73. The molecule has 0 saturated heterocycles. The molecule has 0 heterocycles. The van der Waals surface area contributed by atoms with Gasteiger partial charge in [0.2, 0.25) is 0 Å². The molecule has 16 heavy (non-hydrogen) atoms. The normalized spacial score (nSPS) is 17.9. The van der Waals surface area contributed by atoms with E-state index < -0.39 is 36.6 Å². The summed E-state index contributed by atoms with van der Waals surface area (Å²) in [4.78, 5) is 10.5. The molecule has 7 heteroatoms. The first kappa shape index (κ1) is 15.2. The first-order valence-electron chi connectivity index (χ1n) is 4.84. The Morgan fingerprint density at radius 1 is 1.38 bits per heavy atom. The van der Waals surface area contributed by atoms with Gasteiger partial charge in [0.25, 0.3) is 0 Å². The predicted octanol–water partition coefficient (Wildman–Crippen LogP) is 0.856. The standard InChI is InChI=1S/C9H16F3NO3/c1-5(6(2)9(10,11)12)3-13-7(4-14)8(15)16/h5-7,13-14H,3-4H2,1-2H3,(H,15,16)/t5-,6?,7+/m1/s1. The van der Waals surface area contributed by atoms with Crippen LogP contribution in [0.5, 0.6) is 0 Å². The highest BCUT2D eigenvalue weighted by Crippen LogP contribution is 2.31. The molecule has 0 aromatic carbocycles. The number of halogens is 3. The van der Waals surface area contributed by atoms with Crippen LogP contribution in [-0.4, -0.2) is 41.6 Å². The Balaban J connectivity index is 4.16. The van der Waals surface area contributed by atoms with Crippen LogP contribution in [0.25, 0.3) is 0 Å². The van der Waals surface area contributed by atoms with E-state index in [4.69, 9.17) is 10.2 Å². The monoisotopic (exact) mass is 243 g/mol. The predicted molar refractivity (Wildman–Crippen MR) is 50.9 cm³/mol. The van der Waals surface area contributed by atoms with Gasteiger partial charge in [-0.15, -0.1) is 0 Å². The Labute approximate surface area is 91.5 Å². The maximum atomic E-state index is 12.3. The minimum Gasteiger partial charge on any atom is -0.480 e. The van der Waals surface area contributed by atoms with Gasteiger partial charge in [-0.1, -0.05) is 13.8 Å². The van der Waals surface area contributed by atoms with Crippen LogP contribution in [0.4, 0.5) is 13.2 Å². The maximum Gasteiger partial charge on any atom is 0.391 e. The topological polar surface area (TPSA) is 69.6 Å². The number of carboxylic acids is 1. The molecular formula is C9H16F3NO3. The zero-order valence-corrected chi connectivity index (χ0v) is 9.08. The third-order valence-electron chi connectivity index (χ3n) is 2.54. The average molecular weight is 243 g/mol. The van der Waals surface area contributed by atoms with Crippen LogP contribution in [0, 0.1) is 11.8 Å². The minimum absolute atomic E-state index is 0.113. The van der Waals surface area contributed by atoms with Crippen molar-refractivity contribution in [2.45, 2.75) is 26.1 Å². The SMILES string of the molecule is CC([C@H](C)CN[C@@H](CO)C(=O)O)C(F)(F)F. The second kappa shape index (κ2) is 6.05. The van der Waals surface area contributed by atoms with E-state index in [1.807, 2.05) is 0 Å². The number of rotatable bonds is 6. The van der Waals surface area contributed by atoms with Crippen molar-refractivity contribution >= 4 is 5.97 Å². The first-order chi connectivity index (χ1) is 7.20. The summed E-state index contributed by atoms with van der Waals surface area (Å²) < 4.78 is 36.8. The van der Waals surface area contributed by atoms with Gasteiger partial charge in [-0.05, 0) is 12.5 Å². The molecule has 0 aromatic heterocycles. The van der Waals surface area contributed by atoms with Crippen molar-refractivity contribution in [3.8, 4) is 0 Å². The molecule has 0 rings (SSSR count). The summed E-state index contributed by atoms with van der Waals surface area (Å²) in [5.41, 5.74) is 0. The Morgan fingerprint density at radius 3 is 2.19 bits per heavy atom. The zero-order valence-electron chi connectivity index (χ0n) is 9.08. The number of hydrogen-bond acceptors (Lipinski definition) is 3. The molecule has 96 valence electrons. The third-order valence-corrected chi connectivity index (χ3v) is 2.54. The number of alkyl halides is 3. The van der Waals surface area contributed by atoms with E-state index in [2.05, 4.69) is 5.32 Å². The average Bonchev–Trinajstić information content (AvgIpc) is 2.15. The summed E-state index contributed by atoms with van der Waals surface area (Å²) >= 11 is 0. The van der Waals surface area contributed by atoms with Crippen molar-refractivity contribution < 1.29 is 28.2 Å². The molecule has 4 nitrogen and oxygen atoms in total. The van der Waals surface area contributed by atoms with E-state index in [0.717, 1.165) is 6.92 Å². The van der Waals surface area contributed by atoms with Crippen molar-refractivity contribution in [3.05, 3.63) is 0 Å². The van der Waals surface area contributed by atoms with Crippen LogP contribution in [0.15, 0.2) is 0 Å². The van der Waals surface area contributed by atoms with Gasteiger partial charge in [0.1, 0.15) is 6.04 Å². The van der Waals surface area contributed by atoms with E-state index >= 15 is 0 Å². The number of carbonyl (C=O) groups is 1. The quantitative estimate of drug-likeness (QED) is 0.647. The summed E-state index contributed by atoms with van der Waals surface area (Å²) in [5, 5.41) is 19.6. The molecule has 3 atom stereocenters. The molecule has 0 aromatic rings. The summed E-state index contributed by atoms with van der Waals surface area (Å²) in [6.45, 7) is 1.66. The van der Waals surface area contributed by atoms with Crippen LogP contribution in [0.1, 0.15) is 13.8 Å². The van der Waals surface area contributed by atoms with Crippen LogP contribution >= 0.6 is 0 Å². The zero-order chi connectivity index (χ0) is 12.9. The third kappa shape index (κ3) is 4.80. The Morgan fingerprint density at radius 2 is 1.88 bits per heavy atom. The molecule has 1 unspecified atom stereocenters. The van der Waals surface area contributed by atoms with Crippen molar-refractivity contribution in [1.82, 2.24) is 5.32 Å². The highest BCUT2D eigenvalue weighted by Gasteiger charge is 2.39. The fourth-order valence-electron chi connectivity index (χ4n) is 1.06. The smallest absolute Gasteiger partial charge is 0.391 e. The number of nitrogens with one attached hydrogen (secondary N) is 1. The molecule has 0 amide bonds. The fourth-order valence-corrected chi connectivity index (χ4v) is 1.06. The molecular weight excluding hydrogens is 227 g/mol. The van der Waals surface area contributed by atoms with Crippen molar-refractivity contribution in [2.24, 2.45) is 11.8 Å². The molecule has 0 aliphatic carbocycles. The van der Waals surface area contributed by atoms with Gasteiger partial charge < -0.3 is 15.5 Å². The van der Waals surface area contributed by atoms with E-state index in [9.17, 15) is 18.0 Å². The van der Waals surface area contributed by atoms with E-state index in [1.165, 1.54) is 6.92 Å². The molecule has 0 spiro atoms. The Bertz CT molecular complexity index is 233. The highest BCUT2D eigenvalue weighted by atomic mass is 19.4. The second-order valence-corrected chi connectivity index (χ2v) is 3.79.